The third-order valence-electron chi connectivity index (χ3n) is 4.42. The molecular weight excluding hydrogens is 487 g/mol. The highest BCUT2D eigenvalue weighted by Crippen LogP contribution is 2.19. The molecule has 1 aromatic heterocycles. The molecule has 2 heterocycles. The number of rotatable bonds is 5. The normalized spacial score (nSPS) is 17.7. The van der Waals surface area contributed by atoms with E-state index in [-0.39, 0.29) is 30.1 Å². The Morgan fingerprint density at radius 1 is 1.39 bits per heavy atom. The van der Waals surface area contributed by atoms with Crippen LogP contribution in [-0.2, 0) is 11.3 Å². The molecule has 8 heteroatoms. The second-order valence-electron chi connectivity index (χ2n) is 8.04. The number of amides is 1. The summed E-state index contributed by atoms with van der Waals surface area (Å²) in [7, 11) is 0. The van der Waals surface area contributed by atoms with Crippen LogP contribution in [0.15, 0.2) is 16.4 Å². The van der Waals surface area contributed by atoms with E-state index in [4.69, 9.17) is 9.73 Å². The van der Waals surface area contributed by atoms with Crippen LogP contribution < -0.4 is 10.6 Å². The first-order valence-electron chi connectivity index (χ1n) is 9.81. The van der Waals surface area contributed by atoms with Gasteiger partial charge in [-0.15, -0.1) is 35.3 Å². The molecule has 0 spiro atoms. The zero-order chi connectivity index (χ0) is 19.9. The third-order valence-corrected chi connectivity index (χ3v) is 5.43. The summed E-state index contributed by atoms with van der Waals surface area (Å²) in [6.45, 7) is 13.7. The largest absolute Gasteiger partial charge is 0.444 e. The van der Waals surface area contributed by atoms with Crippen LogP contribution in [0.1, 0.15) is 51.0 Å². The van der Waals surface area contributed by atoms with Crippen molar-refractivity contribution in [3.05, 3.63) is 21.9 Å². The molecule has 0 radical (unpaired) electrons. The average Bonchev–Trinajstić information content (AvgIpc) is 3.01. The fourth-order valence-electron chi connectivity index (χ4n) is 3.02. The van der Waals surface area contributed by atoms with E-state index >= 15 is 0 Å². The summed E-state index contributed by atoms with van der Waals surface area (Å²) in [5, 5.41) is 8.86. The number of halogens is 1. The molecule has 0 aliphatic carbocycles. The minimum Gasteiger partial charge on any atom is -0.444 e. The van der Waals surface area contributed by atoms with Crippen molar-refractivity contribution in [3.63, 3.8) is 0 Å². The van der Waals surface area contributed by atoms with Gasteiger partial charge in [-0.2, -0.15) is 0 Å². The molecule has 1 fully saturated rings. The SMILES string of the molecule is CCNC(=NCc1sccc1C)NCC1CCCN(C(=O)OC(C)(C)C)C1.I. The van der Waals surface area contributed by atoms with E-state index in [1.54, 1.807) is 11.3 Å². The van der Waals surface area contributed by atoms with Gasteiger partial charge in [0.15, 0.2) is 5.96 Å². The van der Waals surface area contributed by atoms with Crippen LogP contribution in [0.25, 0.3) is 0 Å². The van der Waals surface area contributed by atoms with E-state index in [1.165, 1.54) is 10.4 Å². The van der Waals surface area contributed by atoms with Crippen molar-refractivity contribution in [2.24, 2.45) is 10.9 Å². The smallest absolute Gasteiger partial charge is 0.410 e. The lowest BCUT2D eigenvalue weighted by atomic mass is 9.98. The van der Waals surface area contributed by atoms with Crippen LogP contribution >= 0.6 is 35.3 Å². The van der Waals surface area contributed by atoms with Gasteiger partial charge in [0, 0.05) is 31.1 Å². The topological polar surface area (TPSA) is 66.0 Å². The average molecular weight is 522 g/mol. The van der Waals surface area contributed by atoms with Gasteiger partial charge in [0.2, 0.25) is 0 Å². The Hall–Kier alpha value is -1.03. The number of ether oxygens (including phenoxy) is 1. The van der Waals surface area contributed by atoms with E-state index < -0.39 is 5.60 Å². The summed E-state index contributed by atoms with van der Waals surface area (Å²) in [6.07, 6.45) is 1.91. The Morgan fingerprint density at radius 2 is 2.14 bits per heavy atom. The van der Waals surface area contributed by atoms with Gasteiger partial charge in [0.1, 0.15) is 5.60 Å². The molecule has 1 aromatic rings. The van der Waals surface area contributed by atoms with E-state index in [9.17, 15) is 4.79 Å². The van der Waals surface area contributed by atoms with Crippen molar-refractivity contribution >= 4 is 47.4 Å². The quantitative estimate of drug-likeness (QED) is 0.343. The minimum atomic E-state index is -0.451. The Balaban J connectivity index is 0.00000392. The van der Waals surface area contributed by atoms with Gasteiger partial charge in [0.05, 0.1) is 6.54 Å². The monoisotopic (exact) mass is 522 g/mol. The van der Waals surface area contributed by atoms with Gasteiger partial charge >= 0.3 is 6.09 Å². The van der Waals surface area contributed by atoms with Crippen LogP contribution in [0.2, 0.25) is 0 Å². The lowest BCUT2D eigenvalue weighted by molar-refractivity contribution is 0.0168. The zero-order valence-corrected chi connectivity index (χ0v) is 20.9. The predicted octanol–water partition coefficient (Wildman–Crippen LogP) is 4.38. The second-order valence-corrected chi connectivity index (χ2v) is 9.04. The van der Waals surface area contributed by atoms with Gasteiger partial charge in [0.25, 0.3) is 0 Å². The maximum Gasteiger partial charge on any atom is 0.410 e. The number of carbonyl (C=O) groups is 1. The summed E-state index contributed by atoms with van der Waals surface area (Å²) in [4.78, 5) is 20.1. The Kier molecular flexibility index (Phi) is 10.6. The van der Waals surface area contributed by atoms with Gasteiger partial charge in [-0.05, 0) is 70.4 Å². The lowest BCUT2D eigenvalue weighted by Gasteiger charge is -2.34. The maximum atomic E-state index is 12.3. The number of aryl methyl sites for hydroxylation is 1. The van der Waals surface area contributed by atoms with Crippen LogP contribution in [0, 0.1) is 12.8 Å². The number of carbonyl (C=O) groups excluding carboxylic acids is 1. The molecule has 1 aliphatic rings. The van der Waals surface area contributed by atoms with Crippen molar-refractivity contribution in [2.45, 2.75) is 59.6 Å². The standard InChI is InChI=1S/C20H34N4O2S.HI/c1-6-21-18(23-13-17-15(2)9-11-27-17)22-12-16-8-7-10-24(14-16)19(25)26-20(3,4)5;/h9,11,16H,6-8,10,12-14H2,1-5H3,(H2,21,22,23);1H. The highest BCUT2D eigenvalue weighted by Gasteiger charge is 2.27. The molecule has 160 valence electrons. The van der Waals surface area contributed by atoms with Crippen LogP contribution in [0.3, 0.4) is 0 Å². The van der Waals surface area contributed by atoms with Crippen molar-refractivity contribution in [2.75, 3.05) is 26.2 Å². The maximum absolute atomic E-state index is 12.3. The number of guanidine groups is 1. The molecule has 0 bridgehead atoms. The molecule has 1 aliphatic heterocycles. The van der Waals surface area contributed by atoms with E-state index in [1.807, 2.05) is 25.7 Å². The summed E-state index contributed by atoms with van der Waals surface area (Å²) in [5.41, 5.74) is 0.840. The molecule has 6 nitrogen and oxygen atoms in total. The van der Waals surface area contributed by atoms with Gasteiger partial charge in [-0.25, -0.2) is 9.79 Å². The summed E-state index contributed by atoms with van der Waals surface area (Å²) in [6, 6.07) is 2.13. The Bertz CT molecular complexity index is 642. The molecule has 1 atom stereocenters. The molecule has 1 amide bonds. The number of hydrogen-bond donors (Lipinski definition) is 2. The fourth-order valence-corrected chi connectivity index (χ4v) is 3.85. The van der Waals surface area contributed by atoms with Crippen molar-refractivity contribution < 1.29 is 9.53 Å². The predicted molar refractivity (Wildman–Crippen MR) is 128 cm³/mol. The fraction of sp³-hybridized carbons (Fsp3) is 0.700. The molecule has 28 heavy (non-hydrogen) atoms. The van der Waals surface area contributed by atoms with E-state index in [0.717, 1.165) is 45.0 Å². The first-order chi connectivity index (χ1) is 12.8. The second kappa shape index (κ2) is 11.8. The molecule has 1 unspecified atom stereocenters. The zero-order valence-electron chi connectivity index (χ0n) is 17.7. The molecule has 0 saturated carbocycles. The summed E-state index contributed by atoms with van der Waals surface area (Å²) >= 11 is 1.74. The van der Waals surface area contributed by atoms with Gasteiger partial charge < -0.3 is 20.3 Å². The van der Waals surface area contributed by atoms with Gasteiger partial charge in [-0.3, -0.25) is 0 Å². The first-order valence-corrected chi connectivity index (χ1v) is 10.7. The molecule has 2 N–H and O–H groups in total. The molecular formula is C20H35IN4O2S. The van der Waals surface area contributed by atoms with E-state index in [0.29, 0.717) is 12.5 Å². The highest BCUT2D eigenvalue weighted by molar-refractivity contribution is 14.0. The summed E-state index contributed by atoms with van der Waals surface area (Å²) < 4.78 is 5.51. The Labute approximate surface area is 190 Å². The molecule has 2 rings (SSSR count). The lowest BCUT2D eigenvalue weighted by Crippen LogP contribution is -2.47. The Morgan fingerprint density at radius 3 is 2.75 bits per heavy atom. The number of likely N-dealkylation sites (tertiary alicyclic amines) is 1. The van der Waals surface area contributed by atoms with Crippen LogP contribution in [0.4, 0.5) is 4.79 Å². The molecule has 0 aromatic carbocycles. The van der Waals surface area contributed by atoms with Gasteiger partial charge in [-0.1, -0.05) is 0 Å². The number of nitrogens with one attached hydrogen (secondary N) is 2. The number of piperidine rings is 1. The number of thiophene rings is 1. The number of aliphatic imine (C=N–C) groups is 1. The number of hydrogen-bond acceptors (Lipinski definition) is 4. The highest BCUT2D eigenvalue weighted by atomic mass is 127. The minimum absolute atomic E-state index is 0. The first kappa shape index (κ1) is 25.0. The van der Waals surface area contributed by atoms with Crippen molar-refractivity contribution in [1.82, 2.24) is 15.5 Å². The van der Waals surface area contributed by atoms with Crippen LogP contribution in [0.5, 0.6) is 0 Å². The third kappa shape index (κ3) is 8.55. The van der Waals surface area contributed by atoms with Crippen molar-refractivity contribution in [3.8, 4) is 0 Å². The molecule has 1 saturated heterocycles. The summed E-state index contributed by atoms with van der Waals surface area (Å²) in [5.74, 6) is 1.23. The van der Waals surface area contributed by atoms with Crippen molar-refractivity contribution in [1.29, 1.82) is 0 Å². The van der Waals surface area contributed by atoms with Crippen LogP contribution in [-0.4, -0.2) is 48.7 Å². The van der Waals surface area contributed by atoms with E-state index in [2.05, 4.69) is 35.9 Å². The number of nitrogens with zero attached hydrogens (tertiary/aromatic N) is 2.